The van der Waals surface area contributed by atoms with Crippen LogP contribution in [0.4, 0.5) is 8.78 Å². The van der Waals surface area contributed by atoms with Crippen LogP contribution in [0.3, 0.4) is 0 Å². The molecule has 2 fully saturated rings. The number of ether oxygens (including phenoxy) is 1. The predicted octanol–water partition coefficient (Wildman–Crippen LogP) is 1.01. The third-order valence-electron chi connectivity index (χ3n) is 3.71. The van der Waals surface area contributed by atoms with Gasteiger partial charge in [0, 0.05) is 19.1 Å². The minimum Gasteiger partial charge on any atom is -0.456 e. The molecule has 0 aromatic heterocycles. The van der Waals surface area contributed by atoms with Crippen molar-refractivity contribution in [1.29, 1.82) is 0 Å². The van der Waals surface area contributed by atoms with Gasteiger partial charge in [-0.2, -0.15) is 8.78 Å². The predicted molar refractivity (Wildman–Crippen MR) is 62.6 cm³/mol. The molecule has 2 saturated heterocycles. The highest BCUT2D eigenvalue weighted by molar-refractivity contribution is 5.79. The minimum absolute atomic E-state index is 0.315. The number of cyclic esters (lactones) is 1. The van der Waals surface area contributed by atoms with Crippen molar-refractivity contribution in [2.75, 3.05) is 26.2 Å². The van der Waals surface area contributed by atoms with Gasteiger partial charge in [0.2, 0.25) is 0 Å². The summed E-state index contributed by atoms with van der Waals surface area (Å²) in [5, 5.41) is 3.14. The number of hydrogen-bond donors (Lipinski definition) is 1. The lowest BCUT2D eigenvalue weighted by Gasteiger charge is -2.23. The zero-order chi connectivity index (χ0) is 13.2. The van der Waals surface area contributed by atoms with E-state index in [-0.39, 0.29) is 0 Å². The third-order valence-corrected chi connectivity index (χ3v) is 3.71. The third kappa shape index (κ3) is 2.98. The molecular formula is C12H20F2N2O2. The van der Waals surface area contributed by atoms with Crippen molar-refractivity contribution in [3.05, 3.63) is 0 Å². The Morgan fingerprint density at radius 2 is 2.28 bits per heavy atom. The Kier molecular flexibility index (Phi) is 4.17. The molecule has 2 atom stereocenters. The topological polar surface area (TPSA) is 41.6 Å². The highest BCUT2D eigenvalue weighted by Gasteiger charge is 2.50. The number of nitrogens with one attached hydrogen (secondary N) is 1. The summed E-state index contributed by atoms with van der Waals surface area (Å²) in [5.74, 6) is -4.68. The molecule has 2 unspecified atom stereocenters. The Bertz CT molecular complexity index is 312. The first-order valence-electron chi connectivity index (χ1n) is 6.56. The highest BCUT2D eigenvalue weighted by atomic mass is 19.3. The Morgan fingerprint density at radius 1 is 1.50 bits per heavy atom. The van der Waals surface area contributed by atoms with E-state index in [2.05, 4.69) is 21.9 Å². The number of halogens is 2. The zero-order valence-electron chi connectivity index (χ0n) is 10.6. The number of alkyl halides is 2. The van der Waals surface area contributed by atoms with Crippen molar-refractivity contribution < 1.29 is 18.3 Å². The number of likely N-dealkylation sites (tertiary alicyclic amines) is 1. The van der Waals surface area contributed by atoms with Crippen LogP contribution in [0.15, 0.2) is 0 Å². The summed E-state index contributed by atoms with van der Waals surface area (Å²) in [5.41, 5.74) is 0. The molecule has 1 N–H and O–H groups in total. The molecule has 2 heterocycles. The number of carbonyl (C=O) groups excluding carboxylic acids is 1. The summed E-state index contributed by atoms with van der Waals surface area (Å²) < 4.78 is 30.5. The van der Waals surface area contributed by atoms with E-state index in [1.807, 2.05) is 0 Å². The number of rotatable bonds is 5. The number of nitrogens with zero attached hydrogens (tertiary/aromatic N) is 1. The molecule has 2 aliphatic rings. The van der Waals surface area contributed by atoms with Crippen LogP contribution in [-0.2, 0) is 9.53 Å². The first-order valence-corrected chi connectivity index (χ1v) is 6.56. The molecule has 0 aliphatic carbocycles. The van der Waals surface area contributed by atoms with Crippen LogP contribution in [0.5, 0.6) is 0 Å². The lowest BCUT2D eigenvalue weighted by Crippen LogP contribution is -2.40. The van der Waals surface area contributed by atoms with E-state index in [4.69, 9.17) is 0 Å². The van der Waals surface area contributed by atoms with Gasteiger partial charge >= 0.3 is 11.9 Å². The summed E-state index contributed by atoms with van der Waals surface area (Å²) in [6.07, 6.45) is 1.14. The van der Waals surface area contributed by atoms with Gasteiger partial charge in [-0.1, -0.05) is 6.92 Å². The monoisotopic (exact) mass is 262 g/mol. The molecular weight excluding hydrogens is 242 g/mol. The van der Waals surface area contributed by atoms with Crippen molar-refractivity contribution in [2.45, 2.75) is 44.3 Å². The number of esters is 1. The van der Waals surface area contributed by atoms with Gasteiger partial charge in [-0.05, 0) is 25.9 Å². The van der Waals surface area contributed by atoms with Crippen molar-refractivity contribution in [1.82, 2.24) is 10.2 Å². The minimum atomic E-state index is -3.30. The molecule has 18 heavy (non-hydrogen) atoms. The molecule has 0 radical (unpaired) electrons. The second-order valence-corrected chi connectivity index (χ2v) is 5.02. The van der Waals surface area contributed by atoms with Crippen LogP contribution >= 0.6 is 0 Å². The summed E-state index contributed by atoms with van der Waals surface area (Å²) >= 11 is 0. The molecule has 2 rings (SSSR count). The number of likely N-dealkylation sites (N-methyl/N-ethyl adjacent to an activating group) is 1. The zero-order valence-corrected chi connectivity index (χ0v) is 10.6. The molecule has 104 valence electrons. The van der Waals surface area contributed by atoms with E-state index < -0.39 is 24.4 Å². The van der Waals surface area contributed by atoms with Crippen molar-refractivity contribution in [2.24, 2.45) is 0 Å². The largest absolute Gasteiger partial charge is 0.456 e. The summed E-state index contributed by atoms with van der Waals surface area (Å²) in [6.45, 7) is 5.34. The van der Waals surface area contributed by atoms with E-state index in [9.17, 15) is 13.6 Å². The molecule has 6 heteroatoms. The second-order valence-electron chi connectivity index (χ2n) is 5.02. The van der Waals surface area contributed by atoms with Crippen molar-refractivity contribution in [3.63, 3.8) is 0 Å². The van der Waals surface area contributed by atoms with Gasteiger partial charge in [0.15, 0.2) is 0 Å². The molecule has 0 bridgehead atoms. The average Bonchev–Trinajstić information content (AvgIpc) is 2.84. The van der Waals surface area contributed by atoms with Gasteiger partial charge in [-0.25, -0.2) is 4.79 Å². The molecule has 0 aromatic carbocycles. The van der Waals surface area contributed by atoms with Crippen molar-refractivity contribution >= 4 is 5.97 Å². The number of carbonyl (C=O) groups is 1. The Morgan fingerprint density at radius 3 is 2.89 bits per heavy atom. The maximum atomic E-state index is 12.9. The standard InChI is InChI=1S/C12H20F2N2O2/c1-2-16-5-3-4-9(16)7-15-8-10-6-12(13,14)11(17)18-10/h9-10,15H,2-8H2,1H3. The fraction of sp³-hybridized carbons (Fsp3) is 0.917. The summed E-state index contributed by atoms with van der Waals surface area (Å²) in [7, 11) is 0. The van der Waals surface area contributed by atoms with Gasteiger partial charge in [-0.3, -0.25) is 4.90 Å². The van der Waals surface area contributed by atoms with Crippen LogP contribution in [0.2, 0.25) is 0 Å². The van der Waals surface area contributed by atoms with Gasteiger partial charge < -0.3 is 10.1 Å². The quantitative estimate of drug-likeness (QED) is 0.751. The number of hydrogen-bond acceptors (Lipinski definition) is 4. The summed E-state index contributed by atoms with van der Waals surface area (Å²) in [4.78, 5) is 13.2. The van der Waals surface area contributed by atoms with Crippen LogP contribution in [0, 0.1) is 0 Å². The van der Waals surface area contributed by atoms with E-state index in [1.54, 1.807) is 0 Å². The van der Waals surface area contributed by atoms with Crippen LogP contribution in [0.25, 0.3) is 0 Å². The average molecular weight is 262 g/mol. The fourth-order valence-corrected chi connectivity index (χ4v) is 2.72. The first-order chi connectivity index (χ1) is 8.53. The Hall–Kier alpha value is -0.750. The van der Waals surface area contributed by atoms with Crippen LogP contribution in [0.1, 0.15) is 26.2 Å². The highest BCUT2D eigenvalue weighted by Crippen LogP contribution is 2.30. The van der Waals surface area contributed by atoms with Crippen LogP contribution < -0.4 is 5.32 Å². The lowest BCUT2D eigenvalue weighted by atomic mass is 10.2. The maximum Gasteiger partial charge on any atom is 0.377 e. The Balaban J connectivity index is 1.69. The molecule has 0 saturated carbocycles. The molecule has 4 nitrogen and oxygen atoms in total. The molecule has 0 amide bonds. The van der Waals surface area contributed by atoms with Crippen LogP contribution in [-0.4, -0.2) is 55.1 Å². The first kappa shape index (κ1) is 13.7. The van der Waals surface area contributed by atoms with Gasteiger partial charge in [0.25, 0.3) is 0 Å². The summed E-state index contributed by atoms with van der Waals surface area (Å²) in [6, 6.07) is 0.479. The normalized spacial score (nSPS) is 31.8. The SMILES string of the molecule is CCN1CCCC1CNCC1CC(F)(F)C(=O)O1. The van der Waals surface area contributed by atoms with E-state index in [1.165, 1.54) is 6.42 Å². The van der Waals surface area contributed by atoms with E-state index in [0.29, 0.717) is 12.6 Å². The second kappa shape index (κ2) is 5.48. The van der Waals surface area contributed by atoms with Gasteiger partial charge in [0.05, 0.1) is 6.42 Å². The van der Waals surface area contributed by atoms with Gasteiger partial charge in [-0.15, -0.1) is 0 Å². The molecule has 2 aliphatic heterocycles. The Labute approximate surface area is 106 Å². The fourth-order valence-electron chi connectivity index (χ4n) is 2.72. The molecule has 0 aromatic rings. The van der Waals surface area contributed by atoms with Crippen molar-refractivity contribution in [3.8, 4) is 0 Å². The smallest absolute Gasteiger partial charge is 0.377 e. The lowest BCUT2D eigenvalue weighted by molar-refractivity contribution is -0.159. The van der Waals surface area contributed by atoms with E-state index in [0.717, 1.165) is 26.1 Å². The van der Waals surface area contributed by atoms with E-state index >= 15 is 0 Å². The maximum absolute atomic E-state index is 12.9. The molecule has 0 spiro atoms. The van der Waals surface area contributed by atoms with Gasteiger partial charge in [0.1, 0.15) is 6.10 Å².